The van der Waals surface area contributed by atoms with Gasteiger partial charge in [0.25, 0.3) is 5.91 Å². The lowest BCUT2D eigenvalue weighted by atomic mass is 10.1. The number of carbonyl (C=O) groups is 2. The average molecular weight is 354 g/mol. The van der Waals surface area contributed by atoms with Crippen LogP contribution in [0.4, 0.5) is 5.69 Å². The first-order valence-electron chi connectivity index (χ1n) is 8.56. The van der Waals surface area contributed by atoms with Crippen molar-refractivity contribution in [2.75, 3.05) is 18.5 Å². The van der Waals surface area contributed by atoms with Gasteiger partial charge in [-0.2, -0.15) is 0 Å². The molecule has 1 aromatic heterocycles. The molecule has 26 heavy (non-hydrogen) atoms. The van der Waals surface area contributed by atoms with Gasteiger partial charge in [-0.15, -0.1) is 0 Å². The highest BCUT2D eigenvalue weighted by atomic mass is 16.5. The second-order valence-corrected chi connectivity index (χ2v) is 6.12. The molecule has 7 heteroatoms. The van der Waals surface area contributed by atoms with Crippen LogP contribution in [0.5, 0.6) is 0 Å². The lowest BCUT2D eigenvalue weighted by Crippen LogP contribution is -2.55. The molecule has 3 rings (SSSR count). The van der Waals surface area contributed by atoms with Gasteiger partial charge in [-0.25, -0.2) is 0 Å². The van der Waals surface area contributed by atoms with E-state index in [0.29, 0.717) is 30.9 Å². The number of rotatable bonds is 5. The summed E-state index contributed by atoms with van der Waals surface area (Å²) in [6.07, 6.45) is 2.99. The van der Waals surface area contributed by atoms with Gasteiger partial charge in [0.1, 0.15) is 6.04 Å². The van der Waals surface area contributed by atoms with Gasteiger partial charge >= 0.3 is 0 Å². The van der Waals surface area contributed by atoms with Gasteiger partial charge in [0.2, 0.25) is 5.91 Å². The molecule has 0 spiro atoms. The van der Waals surface area contributed by atoms with Gasteiger partial charge in [-0.3, -0.25) is 14.6 Å². The fourth-order valence-electron chi connectivity index (χ4n) is 2.79. The Kier molecular flexibility index (Phi) is 5.93. The number of pyridine rings is 1. The number of amides is 2. The molecule has 1 aliphatic rings. The van der Waals surface area contributed by atoms with E-state index in [0.717, 1.165) is 5.56 Å². The van der Waals surface area contributed by atoms with E-state index in [1.807, 2.05) is 31.2 Å². The van der Waals surface area contributed by atoms with Crippen LogP contribution in [0.2, 0.25) is 0 Å². The summed E-state index contributed by atoms with van der Waals surface area (Å²) >= 11 is 0. The lowest BCUT2D eigenvalue weighted by molar-refractivity contribution is -0.129. The van der Waals surface area contributed by atoms with Crippen LogP contribution in [-0.2, 0) is 16.1 Å². The van der Waals surface area contributed by atoms with Crippen LogP contribution >= 0.6 is 0 Å². The van der Waals surface area contributed by atoms with Crippen LogP contribution in [0.1, 0.15) is 22.8 Å². The van der Waals surface area contributed by atoms with E-state index in [4.69, 9.17) is 4.74 Å². The standard InChI is InChI=1S/C19H22N4O3/c1-13-17(21-9-10-26-13)19(25)22-12-14-3-2-4-16(11-14)23-18(24)15-5-7-20-8-6-15/h2-8,11,13,17,21H,9-10,12H2,1H3,(H,22,25)(H,23,24)/t13-,17+/m1/s1. The molecular weight excluding hydrogens is 332 g/mol. The number of carbonyl (C=O) groups excluding carboxylic acids is 2. The third-order valence-corrected chi connectivity index (χ3v) is 4.19. The van der Waals surface area contributed by atoms with Gasteiger partial charge in [0.15, 0.2) is 0 Å². The highest BCUT2D eigenvalue weighted by molar-refractivity contribution is 6.04. The molecule has 3 N–H and O–H groups in total. The topological polar surface area (TPSA) is 92.4 Å². The normalized spacial score (nSPS) is 19.6. The number of hydrogen-bond donors (Lipinski definition) is 3. The predicted molar refractivity (Wildman–Crippen MR) is 97.7 cm³/mol. The fraction of sp³-hybridized carbons (Fsp3) is 0.316. The van der Waals surface area contributed by atoms with Gasteiger partial charge in [-0.05, 0) is 36.8 Å². The Morgan fingerprint density at radius 3 is 2.85 bits per heavy atom. The number of ether oxygens (including phenoxy) is 1. The molecule has 7 nitrogen and oxygen atoms in total. The Labute approximate surface area is 152 Å². The van der Waals surface area contributed by atoms with Gasteiger partial charge < -0.3 is 20.7 Å². The number of aromatic nitrogens is 1. The number of hydrogen-bond acceptors (Lipinski definition) is 5. The SMILES string of the molecule is C[C@H]1OCCN[C@@H]1C(=O)NCc1cccc(NC(=O)c2ccncc2)c1. The van der Waals surface area contributed by atoms with Crippen molar-refractivity contribution in [3.8, 4) is 0 Å². The first-order valence-corrected chi connectivity index (χ1v) is 8.56. The number of nitrogens with zero attached hydrogens (tertiary/aromatic N) is 1. The number of anilines is 1. The van der Waals surface area contributed by atoms with Crippen LogP contribution in [0.15, 0.2) is 48.8 Å². The minimum absolute atomic E-state index is 0.0941. The molecule has 2 atom stereocenters. The Balaban J connectivity index is 1.57. The molecule has 2 amide bonds. The van der Waals surface area contributed by atoms with Crippen LogP contribution < -0.4 is 16.0 Å². The molecule has 1 aliphatic heterocycles. The third kappa shape index (κ3) is 4.65. The smallest absolute Gasteiger partial charge is 0.255 e. The molecule has 136 valence electrons. The van der Waals surface area contributed by atoms with Crippen molar-refractivity contribution in [3.63, 3.8) is 0 Å². The summed E-state index contributed by atoms with van der Waals surface area (Å²) in [5, 5.41) is 8.92. The average Bonchev–Trinajstić information content (AvgIpc) is 2.67. The molecule has 1 aromatic carbocycles. The zero-order valence-corrected chi connectivity index (χ0v) is 14.6. The summed E-state index contributed by atoms with van der Waals surface area (Å²) in [6, 6.07) is 10.3. The van der Waals surface area contributed by atoms with E-state index in [2.05, 4.69) is 20.9 Å². The summed E-state index contributed by atoms with van der Waals surface area (Å²) in [5.74, 6) is -0.297. The second kappa shape index (κ2) is 8.55. The van der Waals surface area contributed by atoms with Crippen LogP contribution in [0, 0.1) is 0 Å². The minimum atomic E-state index is -0.349. The highest BCUT2D eigenvalue weighted by Crippen LogP contribution is 2.12. The van der Waals surface area contributed by atoms with Crippen LogP contribution in [0.25, 0.3) is 0 Å². The van der Waals surface area contributed by atoms with Crippen molar-refractivity contribution >= 4 is 17.5 Å². The molecule has 0 bridgehead atoms. The zero-order valence-electron chi connectivity index (χ0n) is 14.6. The summed E-state index contributed by atoms with van der Waals surface area (Å²) in [7, 11) is 0. The fourth-order valence-corrected chi connectivity index (χ4v) is 2.79. The Bertz CT molecular complexity index is 766. The zero-order chi connectivity index (χ0) is 18.4. The third-order valence-electron chi connectivity index (χ3n) is 4.19. The molecule has 0 saturated carbocycles. The molecule has 2 heterocycles. The van der Waals surface area contributed by atoms with E-state index in [1.165, 1.54) is 0 Å². The molecule has 0 radical (unpaired) electrons. The predicted octanol–water partition coefficient (Wildman–Crippen LogP) is 1.33. The summed E-state index contributed by atoms with van der Waals surface area (Å²) in [4.78, 5) is 28.4. The van der Waals surface area contributed by atoms with E-state index in [9.17, 15) is 9.59 Å². The van der Waals surface area contributed by atoms with E-state index in [1.54, 1.807) is 24.5 Å². The minimum Gasteiger partial charge on any atom is -0.375 e. The number of benzene rings is 1. The van der Waals surface area contributed by atoms with Crippen LogP contribution in [0.3, 0.4) is 0 Å². The molecule has 1 saturated heterocycles. The molecule has 1 fully saturated rings. The maximum absolute atomic E-state index is 12.3. The van der Waals surface area contributed by atoms with E-state index >= 15 is 0 Å². The Morgan fingerprint density at radius 2 is 2.08 bits per heavy atom. The second-order valence-electron chi connectivity index (χ2n) is 6.12. The first-order chi connectivity index (χ1) is 12.6. The molecule has 2 aromatic rings. The van der Waals surface area contributed by atoms with Crippen molar-refractivity contribution in [3.05, 3.63) is 59.9 Å². The largest absolute Gasteiger partial charge is 0.375 e. The maximum Gasteiger partial charge on any atom is 0.255 e. The Hall–Kier alpha value is -2.77. The van der Waals surface area contributed by atoms with Crippen molar-refractivity contribution in [1.82, 2.24) is 15.6 Å². The van der Waals surface area contributed by atoms with Crippen molar-refractivity contribution in [2.45, 2.75) is 25.6 Å². The molecule has 0 unspecified atom stereocenters. The molecular formula is C19H22N4O3. The Morgan fingerprint density at radius 1 is 1.27 bits per heavy atom. The first kappa shape index (κ1) is 18.0. The van der Waals surface area contributed by atoms with Crippen molar-refractivity contribution in [2.24, 2.45) is 0 Å². The maximum atomic E-state index is 12.3. The van der Waals surface area contributed by atoms with Gasteiger partial charge in [0, 0.05) is 36.7 Å². The number of morpholine rings is 1. The van der Waals surface area contributed by atoms with E-state index < -0.39 is 0 Å². The van der Waals surface area contributed by atoms with Gasteiger partial charge in [0.05, 0.1) is 12.7 Å². The highest BCUT2D eigenvalue weighted by Gasteiger charge is 2.27. The van der Waals surface area contributed by atoms with Crippen molar-refractivity contribution in [1.29, 1.82) is 0 Å². The summed E-state index contributed by atoms with van der Waals surface area (Å²) in [5.41, 5.74) is 2.11. The lowest BCUT2D eigenvalue weighted by Gasteiger charge is -2.29. The summed E-state index contributed by atoms with van der Waals surface area (Å²) in [6.45, 7) is 3.54. The van der Waals surface area contributed by atoms with Gasteiger partial charge in [-0.1, -0.05) is 12.1 Å². The van der Waals surface area contributed by atoms with Crippen molar-refractivity contribution < 1.29 is 14.3 Å². The molecule has 0 aliphatic carbocycles. The van der Waals surface area contributed by atoms with E-state index in [-0.39, 0.29) is 24.0 Å². The van der Waals surface area contributed by atoms with Crippen LogP contribution in [-0.4, -0.2) is 42.1 Å². The number of nitrogens with one attached hydrogen (secondary N) is 3. The quantitative estimate of drug-likeness (QED) is 0.753. The monoisotopic (exact) mass is 354 g/mol. The summed E-state index contributed by atoms with van der Waals surface area (Å²) < 4.78 is 5.49.